The number of benzene rings is 1. The van der Waals surface area contributed by atoms with E-state index in [0.29, 0.717) is 6.54 Å². The molecule has 0 bridgehead atoms. The fraction of sp³-hybridized carbons (Fsp3) is 0.571. The van der Waals surface area contributed by atoms with Crippen molar-refractivity contribution in [1.29, 1.82) is 0 Å². The molecule has 2 aliphatic heterocycles. The zero-order valence-corrected chi connectivity index (χ0v) is 20.2. The van der Waals surface area contributed by atoms with Crippen molar-refractivity contribution in [1.82, 2.24) is 15.8 Å². The van der Waals surface area contributed by atoms with Crippen LogP contribution in [0.3, 0.4) is 0 Å². The number of ether oxygens (including phenoxy) is 2. The molecule has 2 amide bonds. The van der Waals surface area contributed by atoms with Crippen LogP contribution in [0.1, 0.15) is 13.8 Å². The third-order valence-electron chi connectivity index (χ3n) is 5.71. The van der Waals surface area contributed by atoms with Gasteiger partial charge in [-0.25, -0.2) is 19.0 Å². The van der Waals surface area contributed by atoms with Crippen LogP contribution in [-0.2, 0) is 14.3 Å². The van der Waals surface area contributed by atoms with Crippen LogP contribution in [-0.4, -0.2) is 80.7 Å². The van der Waals surface area contributed by atoms with E-state index in [1.165, 1.54) is 17.0 Å². The summed E-state index contributed by atoms with van der Waals surface area (Å²) in [6.07, 6.45) is -1.28. The van der Waals surface area contributed by atoms with Crippen molar-refractivity contribution in [2.75, 3.05) is 56.2 Å². The SMILES string of the molecule is COC(=S)NC[C@H]1CN(c2cc(F)c(N3CCNN(C(=O)[C@@H](N)C(C)C)CC3)c(F)c2)C(=O)O1. The lowest BCUT2D eigenvalue weighted by Crippen LogP contribution is -2.52. The number of rotatable bonds is 6. The Morgan fingerprint density at radius 1 is 1.32 bits per heavy atom. The van der Waals surface area contributed by atoms with Crippen molar-refractivity contribution in [3.63, 3.8) is 0 Å². The summed E-state index contributed by atoms with van der Waals surface area (Å²) in [4.78, 5) is 27.5. The van der Waals surface area contributed by atoms with Crippen LogP contribution in [0.5, 0.6) is 0 Å². The first-order chi connectivity index (χ1) is 16.1. The number of thiocarbonyl (C=S) groups is 1. The maximum absolute atomic E-state index is 15.1. The number of hydrogen-bond donors (Lipinski definition) is 3. The minimum Gasteiger partial charge on any atom is -0.474 e. The Bertz CT molecular complexity index is 914. The molecule has 0 spiro atoms. The summed E-state index contributed by atoms with van der Waals surface area (Å²) in [6, 6.07) is 1.53. The highest BCUT2D eigenvalue weighted by Crippen LogP contribution is 2.31. The van der Waals surface area contributed by atoms with Crippen LogP contribution in [0, 0.1) is 17.6 Å². The van der Waals surface area contributed by atoms with Gasteiger partial charge in [0.2, 0.25) is 0 Å². The van der Waals surface area contributed by atoms with Gasteiger partial charge in [-0.05, 0) is 18.1 Å². The molecule has 188 valence electrons. The zero-order valence-electron chi connectivity index (χ0n) is 19.3. The molecule has 10 nitrogen and oxygen atoms in total. The molecule has 1 aromatic rings. The number of hydrazine groups is 1. The largest absolute Gasteiger partial charge is 0.474 e. The van der Waals surface area contributed by atoms with Crippen molar-refractivity contribution in [3.05, 3.63) is 23.8 Å². The van der Waals surface area contributed by atoms with E-state index < -0.39 is 29.9 Å². The highest BCUT2D eigenvalue weighted by molar-refractivity contribution is 7.80. The Labute approximate surface area is 202 Å². The third kappa shape index (κ3) is 5.83. The first-order valence-electron chi connectivity index (χ1n) is 11.0. The number of hydrogen-bond acceptors (Lipinski definition) is 8. The Balaban J connectivity index is 1.69. The maximum Gasteiger partial charge on any atom is 0.414 e. The molecular weight excluding hydrogens is 470 g/mol. The van der Waals surface area contributed by atoms with Crippen molar-refractivity contribution in [3.8, 4) is 0 Å². The number of anilines is 2. The molecule has 2 atom stereocenters. The van der Waals surface area contributed by atoms with Crippen LogP contribution >= 0.6 is 12.2 Å². The second kappa shape index (κ2) is 11.1. The first kappa shape index (κ1) is 25.8. The Morgan fingerprint density at radius 3 is 2.62 bits per heavy atom. The third-order valence-corrected chi connectivity index (χ3v) is 6.02. The van der Waals surface area contributed by atoms with E-state index in [9.17, 15) is 9.59 Å². The Hall–Kier alpha value is -2.77. The van der Waals surface area contributed by atoms with Crippen molar-refractivity contribution in [2.45, 2.75) is 26.0 Å². The van der Waals surface area contributed by atoms with Gasteiger partial charge in [-0.3, -0.25) is 14.7 Å². The molecule has 4 N–H and O–H groups in total. The van der Waals surface area contributed by atoms with E-state index >= 15 is 8.78 Å². The van der Waals surface area contributed by atoms with Gasteiger partial charge in [-0.2, -0.15) is 0 Å². The number of nitrogens with one attached hydrogen (secondary N) is 2. The number of halogens is 2. The van der Waals surface area contributed by atoms with E-state index in [0.717, 1.165) is 17.0 Å². The molecule has 2 heterocycles. The van der Waals surface area contributed by atoms with Crippen molar-refractivity contribution >= 4 is 40.8 Å². The van der Waals surface area contributed by atoms with E-state index in [2.05, 4.69) is 10.7 Å². The molecule has 2 fully saturated rings. The second-order valence-electron chi connectivity index (χ2n) is 8.40. The van der Waals surface area contributed by atoms with E-state index in [1.54, 1.807) is 0 Å². The lowest BCUT2D eigenvalue weighted by atomic mass is 10.0. The molecule has 0 radical (unpaired) electrons. The van der Waals surface area contributed by atoms with Gasteiger partial charge in [-0.1, -0.05) is 13.8 Å². The van der Waals surface area contributed by atoms with Gasteiger partial charge in [0.1, 0.15) is 11.8 Å². The fourth-order valence-electron chi connectivity index (χ4n) is 3.73. The number of methoxy groups -OCH3 is 1. The standard InChI is InChI=1S/C21H30F2N6O4S/c1-12(2)17(24)19(30)29-7-6-27(5-4-26-29)18-15(22)8-13(9-16(18)23)28-11-14(33-21(28)31)10-25-20(34)32-3/h8-9,12,14,17,26H,4-7,10-11,24H2,1-3H3,(H,25,34)/t14-,17-/m0/s1. The van der Waals surface area contributed by atoms with Crippen LogP contribution < -0.4 is 26.3 Å². The van der Waals surface area contributed by atoms with E-state index in [1.807, 2.05) is 13.8 Å². The quantitative estimate of drug-likeness (QED) is 0.492. The summed E-state index contributed by atoms with van der Waals surface area (Å²) in [6.45, 7) is 4.97. The molecular formula is C21H30F2N6O4S. The minimum absolute atomic E-state index is 0.0414. The summed E-state index contributed by atoms with van der Waals surface area (Å²) >= 11 is 4.88. The van der Waals surface area contributed by atoms with Gasteiger partial charge in [0, 0.05) is 31.8 Å². The zero-order chi connectivity index (χ0) is 25.0. The topological polar surface area (TPSA) is 112 Å². The predicted octanol–water partition coefficient (Wildman–Crippen LogP) is 0.947. The summed E-state index contributed by atoms with van der Waals surface area (Å²) < 4.78 is 40.2. The van der Waals surface area contributed by atoms with Crippen molar-refractivity contribution in [2.24, 2.45) is 11.7 Å². The highest BCUT2D eigenvalue weighted by Gasteiger charge is 2.34. The molecule has 0 aromatic heterocycles. The first-order valence-corrected chi connectivity index (χ1v) is 11.4. The molecule has 3 rings (SSSR count). The van der Waals surface area contributed by atoms with Crippen LogP contribution in [0.25, 0.3) is 0 Å². The number of carbonyl (C=O) groups is 2. The van der Waals surface area contributed by atoms with Crippen LogP contribution in [0.4, 0.5) is 25.0 Å². The summed E-state index contributed by atoms with van der Waals surface area (Å²) in [5.41, 5.74) is 8.75. The number of nitrogens with two attached hydrogens (primary N) is 1. The average molecular weight is 501 g/mol. The number of nitrogens with zero attached hydrogens (tertiary/aromatic N) is 3. The Kier molecular flexibility index (Phi) is 8.44. The maximum atomic E-state index is 15.1. The van der Waals surface area contributed by atoms with Gasteiger partial charge in [0.25, 0.3) is 11.1 Å². The van der Waals surface area contributed by atoms with Gasteiger partial charge < -0.3 is 25.4 Å². The summed E-state index contributed by atoms with van der Waals surface area (Å²) in [5, 5.41) is 4.33. The highest BCUT2D eigenvalue weighted by atomic mass is 32.1. The Morgan fingerprint density at radius 2 is 2.00 bits per heavy atom. The van der Waals surface area contributed by atoms with Gasteiger partial charge in [0.05, 0.1) is 38.5 Å². The molecule has 2 aliphatic rings. The van der Waals surface area contributed by atoms with Gasteiger partial charge in [-0.15, -0.1) is 0 Å². The lowest BCUT2D eigenvalue weighted by molar-refractivity contribution is -0.136. The normalized spacial score (nSPS) is 19.7. The molecule has 1 aromatic carbocycles. The second-order valence-corrected chi connectivity index (χ2v) is 8.77. The smallest absolute Gasteiger partial charge is 0.414 e. The van der Waals surface area contributed by atoms with Crippen LogP contribution in [0.2, 0.25) is 0 Å². The number of cyclic esters (lactones) is 1. The molecule has 0 saturated carbocycles. The molecule has 13 heteroatoms. The summed E-state index contributed by atoms with van der Waals surface area (Å²) in [7, 11) is 1.41. The van der Waals surface area contributed by atoms with Gasteiger partial charge in [0.15, 0.2) is 11.6 Å². The molecule has 2 saturated heterocycles. The van der Waals surface area contributed by atoms with Crippen LogP contribution in [0.15, 0.2) is 12.1 Å². The van der Waals surface area contributed by atoms with Gasteiger partial charge >= 0.3 is 6.09 Å². The predicted molar refractivity (Wildman–Crippen MR) is 126 cm³/mol. The summed E-state index contributed by atoms with van der Waals surface area (Å²) in [5.74, 6) is -1.94. The lowest BCUT2D eigenvalue weighted by Gasteiger charge is -2.27. The average Bonchev–Trinajstić information content (AvgIpc) is 3.00. The molecule has 0 unspecified atom stereocenters. The fourth-order valence-corrected chi connectivity index (χ4v) is 3.81. The molecule has 34 heavy (non-hydrogen) atoms. The molecule has 0 aliphatic carbocycles. The van der Waals surface area contributed by atoms with E-state index in [-0.39, 0.29) is 61.1 Å². The number of carbonyl (C=O) groups excluding carboxylic acids is 2. The minimum atomic E-state index is -0.816. The van der Waals surface area contributed by atoms with E-state index in [4.69, 9.17) is 27.4 Å². The van der Waals surface area contributed by atoms with Crippen molar-refractivity contribution < 1.29 is 27.8 Å². The monoisotopic (exact) mass is 500 g/mol. The number of amides is 2.